The van der Waals surface area contributed by atoms with E-state index in [2.05, 4.69) is 50.8 Å². The van der Waals surface area contributed by atoms with Crippen LogP contribution in [-0.4, -0.2) is 38.9 Å². The summed E-state index contributed by atoms with van der Waals surface area (Å²) in [5.74, 6) is 0.561. The van der Waals surface area contributed by atoms with E-state index in [1.54, 1.807) is 16.4 Å². The molecule has 0 radical (unpaired) electrons. The maximum absolute atomic E-state index is 13.0. The van der Waals surface area contributed by atoms with E-state index < -0.39 is 10.0 Å². The van der Waals surface area contributed by atoms with Crippen molar-refractivity contribution in [3.8, 4) is 0 Å². The number of hydrogen-bond donors (Lipinski definition) is 0. The first kappa shape index (κ1) is 19.9. The number of rotatable bonds is 5. The van der Waals surface area contributed by atoms with Gasteiger partial charge in [0.05, 0.1) is 4.90 Å². The van der Waals surface area contributed by atoms with Crippen molar-refractivity contribution in [2.75, 3.05) is 31.1 Å². The highest BCUT2D eigenvalue weighted by Gasteiger charge is 2.29. The minimum absolute atomic E-state index is 0.398. The Balaban J connectivity index is 1.70. The Kier molecular flexibility index (Phi) is 5.92. The van der Waals surface area contributed by atoms with Gasteiger partial charge in [0.1, 0.15) is 0 Å². The molecule has 0 unspecified atom stereocenters. The molecule has 4 nitrogen and oxygen atoms in total. The molecule has 1 aliphatic rings. The normalized spacial score (nSPS) is 16.1. The number of piperazine rings is 1. The molecular weight excluding hydrogens is 356 g/mol. The van der Waals surface area contributed by atoms with Crippen LogP contribution >= 0.6 is 0 Å². The molecule has 0 N–H and O–H groups in total. The maximum Gasteiger partial charge on any atom is 0.243 e. The van der Waals surface area contributed by atoms with Gasteiger partial charge in [-0.1, -0.05) is 38.1 Å². The number of benzene rings is 2. The molecule has 0 aromatic heterocycles. The summed E-state index contributed by atoms with van der Waals surface area (Å²) in [4.78, 5) is 2.69. The van der Waals surface area contributed by atoms with E-state index >= 15 is 0 Å². The minimum Gasteiger partial charge on any atom is -0.369 e. The predicted octanol–water partition coefficient (Wildman–Crippen LogP) is 4.01. The van der Waals surface area contributed by atoms with Crippen LogP contribution in [0.25, 0.3) is 0 Å². The number of aryl methyl sites for hydroxylation is 1. The third kappa shape index (κ3) is 4.36. The molecule has 5 heteroatoms. The Hall–Kier alpha value is -1.85. The molecule has 0 saturated carbocycles. The Morgan fingerprint density at radius 2 is 1.56 bits per heavy atom. The second kappa shape index (κ2) is 8.03. The van der Waals surface area contributed by atoms with E-state index in [1.165, 1.54) is 22.4 Å². The van der Waals surface area contributed by atoms with Gasteiger partial charge in [0.15, 0.2) is 0 Å². The summed E-state index contributed by atoms with van der Waals surface area (Å²) in [6.45, 7) is 11.0. The first-order chi connectivity index (χ1) is 12.8. The van der Waals surface area contributed by atoms with E-state index in [0.717, 1.165) is 19.5 Å². The first-order valence-electron chi connectivity index (χ1n) is 9.69. The largest absolute Gasteiger partial charge is 0.369 e. The molecule has 1 heterocycles. The lowest BCUT2D eigenvalue weighted by molar-refractivity contribution is 0.384. The zero-order valence-electron chi connectivity index (χ0n) is 16.8. The number of anilines is 1. The van der Waals surface area contributed by atoms with Gasteiger partial charge in [0.25, 0.3) is 0 Å². The van der Waals surface area contributed by atoms with E-state index in [9.17, 15) is 8.42 Å². The molecule has 0 atom stereocenters. The van der Waals surface area contributed by atoms with Crippen LogP contribution in [0.2, 0.25) is 0 Å². The van der Waals surface area contributed by atoms with Crippen molar-refractivity contribution in [2.45, 2.75) is 39.0 Å². The second-order valence-corrected chi connectivity index (χ2v) is 9.79. The van der Waals surface area contributed by atoms with Crippen LogP contribution in [0.4, 0.5) is 5.69 Å². The molecule has 0 amide bonds. The molecule has 1 fully saturated rings. The van der Waals surface area contributed by atoms with Gasteiger partial charge in [-0.2, -0.15) is 4.31 Å². The van der Waals surface area contributed by atoms with Gasteiger partial charge >= 0.3 is 0 Å². The molecular formula is C22H30N2O2S. The Morgan fingerprint density at radius 1 is 0.926 bits per heavy atom. The lowest BCUT2D eigenvalue weighted by Gasteiger charge is -2.36. The van der Waals surface area contributed by atoms with Crippen LogP contribution in [0, 0.1) is 19.8 Å². The number of nitrogens with zero attached hydrogens (tertiary/aromatic N) is 2. The fourth-order valence-corrected chi connectivity index (χ4v) is 5.09. The number of sulfonamides is 1. The van der Waals surface area contributed by atoms with Crippen molar-refractivity contribution < 1.29 is 8.42 Å². The molecule has 2 aromatic rings. The van der Waals surface area contributed by atoms with Crippen LogP contribution in [0.15, 0.2) is 47.4 Å². The fraction of sp³-hybridized carbons (Fsp3) is 0.455. The van der Waals surface area contributed by atoms with Crippen LogP contribution < -0.4 is 4.90 Å². The lowest BCUT2D eigenvalue weighted by Crippen LogP contribution is -2.48. The van der Waals surface area contributed by atoms with Gasteiger partial charge < -0.3 is 4.90 Å². The van der Waals surface area contributed by atoms with E-state index in [-0.39, 0.29) is 0 Å². The van der Waals surface area contributed by atoms with E-state index in [0.29, 0.717) is 23.9 Å². The molecule has 1 aliphatic heterocycles. The standard InChI is InChI=1S/C22H30N2O2S/c1-17(2)16-20-8-10-21(11-9-20)27(25,26)24-14-12-23(13-15-24)22-7-5-6-18(3)19(22)4/h5-11,17H,12-16H2,1-4H3. The first-order valence-corrected chi connectivity index (χ1v) is 11.1. The molecule has 0 spiro atoms. The highest BCUT2D eigenvalue weighted by atomic mass is 32.2. The number of hydrogen-bond acceptors (Lipinski definition) is 3. The van der Waals surface area contributed by atoms with Gasteiger partial charge in [-0.25, -0.2) is 8.42 Å². The highest BCUT2D eigenvalue weighted by molar-refractivity contribution is 7.89. The third-order valence-electron chi connectivity index (χ3n) is 5.36. The quantitative estimate of drug-likeness (QED) is 0.779. The van der Waals surface area contributed by atoms with Gasteiger partial charge in [-0.15, -0.1) is 0 Å². The SMILES string of the molecule is Cc1cccc(N2CCN(S(=O)(=O)c3ccc(CC(C)C)cc3)CC2)c1C. The summed E-state index contributed by atoms with van der Waals surface area (Å²) in [6, 6.07) is 13.7. The van der Waals surface area contributed by atoms with E-state index in [1.807, 2.05) is 12.1 Å². The molecule has 0 aliphatic carbocycles. The van der Waals surface area contributed by atoms with Crippen molar-refractivity contribution in [3.63, 3.8) is 0 Å². The fourth-order valence-electron chi connectivity index (χ4n) is 3.67. The minimum atomic E-state index is -3.42. The average molecular weight is 387 g/mol. The summed E-state index contributed by atoms with van der Waals surface area (Å²) >= 11 is 0. The van der Waals surface area contributed by atoms with Gasteiger partial charge in [0.2, 0.25) is 10.0 Å². The second-order valence-electron chi connectivity index (χ2n) is 7.85. The smallest absolute Gasteiger partial charge is 0.243 e. The Bertz CT molecular complexity index is 881. The molecule has 2 aromatic carbocycles. The van der Waals surface area contributed by atoms with Crippen LogP contribution in [0.1, 0.15) is 30.5 Å². The van der Waals surface area contributed by atoms with Crippen molar-refractivity contribution >= 4 is 15.7 Å². The molecule has 146 valence electrons. The van der Waals surface area contributed by atoms with Crippen molar-refractivity contribution in [1.29, 1.82) is 0 Å². The summed E-state index contributed by atoms with van der Waals surface area (Å²) < 4.78 is 27.6. The van der Waals surface area contributed by atoms with Crippen LogP contribution in [0.3, 0.4) is 0 Å². The Labute approximate surface area is 163 Å². The van der Waals surface area contributed by atoms with Gasteiger partial charge in [-0.05, 0) is 61.1 Å². The van der Waals surface area contributed by atoms with Crippen LogP contribution in [-0.2, 0) is 16.4 Å². The summed E-state index contributed by atoms with van der Waals surface area (Å²) in [5.41, 5.74) is 4.94. The zero-order valence-corrected chi connectivity index (χ0v) is 17.6. The van der Waals surface area contributed by atoms with Crippen LogP contribution in [0.5, 0.6) is 0 Å². The van der Waals surface area contributed by atoms with E-state index in [4.69, 9.17) is 0 Å². The summed E-state index contributed by atoms with van der Waals surface area (Å²) in [6.07, 6.45) is 0.967. The maximum atomic E-state index is 13.0. The molecule has 3 rings (SSSR count). The zero-order chi connectivity index (χ0) is 19.6. The molecule has 1 saturated heterocycles. The van der Waals surface area contributed by atoms with Gasteiger partial charge in [-0.3, -0.25) is 0 Å². The summed E-state index contributed by atoms with van der Waals surface area (Å²) in [5, 5.41) is 0. The van der Waals surface area contributed by atoms with Crippen molar-refractivity contribution in [3.05, 3.63) is 59.2 Å². The monoisotopic (exact) mass is 386 g/mol. The van der Waals surface area contributed by atoms with Gasteiger partial charge in [0, 0.05) is 31.9 Å². The summed E-state index contributed by atoms with van der Waals surface area (Å²) in [7, 11) is -3.42. The topological polar surface area (TPSA) is 40.6 Å². The highest BCUT2D eigenvalue weighted by Crippen LogP contribution is 2.26. The molecule has 0 bridgehead atoms. The Morgan fingerprint density at radius 3 is 2.15 bits per heavy atom. The lowest BCUT2D eigenvalue weighted by atomic mass is 10.0. The third-order valence-corrected chi connectivity index (χ3v) is 7.27. The average Bonchev–Trinajstić information content (AvgIpc) is 2.64. The molecule has 27 heavy (non-hydrogen) atoms. The van der Waals surface area contributed by atoms with Crippen molar-refractivity contribution in [2.24, 2.45) is 5.92 Å². The van der Waals surface area contributed by atoms with Crippen molar-refractivity contribution in [1.82, 2.24) is 4.31 Å². The predicted molar refractivity (Wildman–Crippen MR) is 112 cm³/mol.